The maximum absolute atomic E-state index is 3.66. The molecule has 0 aliphatic carbocycles. The number of hydrogen-bond donors (Lipinski definition) is 1. The quantitative estimate of drug-likeness (QED) is 0.374. The molecule has 0 spiro atoms. The number of H-pyrrole nitrogens is 1. The highest BCUT2D eigenvalue weighted by atomic mass is 14.7. The summed E-state index contributed by atoms with van der Waals surface area (Å²) in [5.74, 6) is 0. The molecule has 0 atom stereocenters. The summed E-state index contributed by atoms with van der Waals surface area (Å²) < 4.78 is 0. The second-order valence-electron chi connectivity index (χ2n) is 6.31. The number of para-hydroxylation sites is 1. The molecule has 118 valence electrons. The first kappa shape index (κ1) is 14.1. The van der Waals surface area contributed by atoms with Gasteiger partial charge < -0.3 is 4.98 Å². The van der Waals surface area contributed by atoms with E-state index in [4.69, 9.17) is 0 Å². The van der Waals surface area contributed by atoms with E-state index >= 15 is 0 Å². The first-order chi connectivity index (χ1) is 12.4. The number of rotatable bonds is 2. The zero-order valence-electron chi connectivity index (χ0n) is 13.7. The molecule has 1 aromatic heterocycles. The minimum atomic E-state index is 1.18. The lowest BCUT2D eigenvalue weighted by Crippen LogP contribution is -1.84. The van der Waals surface area contributed by atoms with Gasteiger partial charge in [0.2, 0.25) is 0 Å². The molecular formula is C24H17N. The van der Waals surface area contributed by atoms with Crippen LogP contribution in [-0.4, -0.2) is 4.98 Å². The average molecular weight is 319 g/mol. The third kappa shape index (κ3) is 2.25. The highest BCUT2D eigenvalue weighted by molar-refractivity contribution is 6.18. The van der Waals surface area contributed by atoms with Gasteiger partial charge in [0.15, 0.2) is 0 Å². The van der Waals surface area contributed by atoms with Crippen LogP contribution in [0.2, 0.25) is 0 Å². The third-order valence-corrected chi connectivity index (χ3v) is 4.83. The molecule has 0 saturated carbocycles. The fraction of sp³-hybridized carbons (Fsp3) is 0. The largest absolute Gasteiger partial charge is 0.354 e. The van der Waals surface area contributed by atoms with Crippen LogP contribution in [0.4, 0.5) is 0 Å². The number of aromatic amines is 1. The van der Waals surface area contributed by atoms with Gasteiger partial charge in [-0.1, -0.05) is 91.0 Å². The van der Waals surface area contributed by atoms with E-state index in [-0.39, 0.29) is 0 Å². The van der Waals surface area contributed by atoms with Crippen molar-refractivity contribution in [1.82, 2.24) is 4.98 Å². The molecule has 0 amide bonds. The zero-order chi connectivity index (χ0) is 16.6. The molecule has 0 aliphatic rings. The molecule has 5 aromatic rings. The lowest BCUT2D eigenvalue weighted by Gasteiger charge is -2.09. The molecule has 0 unspecified atom stereocenters. The molecule has 1 N–H and O–H groups in total. The number of benzene rings is 4. The van der Waals surface area contributed by atoms with Gasteiger partial charge in [0.1, 0.15) is 0 Å². The Bertz CT molecular complexity index is 1170. The van der Waals surface area contributed by atoms with Crippen molar-refractivity contribution in [2.75, 3.05) is 0 Å². The maximum Gasteiger partial charge on any atom is 0.0550 e. The Morgan fingerprint density at radius 3 is 1.76 bits per heavy atom. The van der Waals surface area contributed by atoms with Crippen LogP contribution in [0.15, 0.2) is 97.1 Å². The summed E-state index contributed by atoms with van der Waals surface area (Å²) in [5, 5.41) is 2.57. The van der Waals surface area contributed by atoms with Crippen molar-refractivity contribution in [1.29, 1.82) is 0 Å². The van der Waals surface area contributed by atoms with E-state index in [2.05, 4.69) is 102 Å². The summed E-state index contributed by atoms with van der Waals surface area (Å²) in [4.78, 5) is 3.66. The summed E-state index contributed by atoms with van der Waals surface area (Å²) in [6.45, 7) is 0. The van der Waals surface area contributed by atoms with Gasteiger partial charge in [0.25, 0.3) is 0 Å². The second-order valence-corrected chi connectivity index (χ2v) is 6.31. The first-order valence-electron chi connectivity index (χ1n) is 8.56. The Morgan fingerprint density at radius 1 is 0.480 bits per heavy atom. The molecule has 1 nitrogen and oxygen atoms in total. The van der Waals surface area contributed by atoms with Crippen LogP contribution in [0.25, 0.3) is 44.1 Å². The molecule has 1 heterocycles. The topological polar surface area (TPSA) is 15.8 Å². The predicted octanol–water partition coefficient (Wildman–Crippen LogP) is 6.66. The van der Waals surface area contributed by atoms with Crippen molar-refractivity contribution in [3.8, 4) is 22.3 Å². The van der Waals surface area contributed by atoms with Gasteiger partial charge in [0.05, 0.1) is 5.52 Å². The summed E-state index contributed by atoms with van der Waals surface area (Å²) in [6, 6.07) is 34.2. The summed E-state index contributed by atoms with van der Waals surface area (Å²) in [6.07, 6.45) is 0. The minimum Gasteiger partial charge on any atom is -0.354 e. The fourth-order valence-corrected chi connectivity index (χ4v) is 3.67. The lowest BCUT2D eigenvalue weighted by molar-refractivity contribution is 1.53. The number of aromatic nitrogens is 1. The van der Waals surface area contributed by atoms with E-state index in [9.17, 15) is 0 Å². The summed E-state index contributed by atoms with van der Waals surface area (Å²) in [7, 11) is 0. The maximum atomic E-state index is 3.66. The average Bonchev–Trinajstić information content (AvgIpc) is 3.08. The van der Waals surface area contributed by atoms with Crippen molar-refractivity contribution in [2.45, 2.75) is 0 Å². The van der Waals surface area contributed by atoms with Gasteiger partial charge in [0, 0.05) is 21.9 Å². The number of fused-ring (bicyclic) bond motifs is 3. The van der Waals surface area contributed by atoms with E-state index in [0.717, 1.165) is 0 Å². The predicted molar refractivity (Wildman–Crippen MR) is 107 cm³/mol. The van der Waals surface area contributed by atoms with Crippen molar-refractivity contribution < 1.29 is 0 Å². The molecule has 0 saturated heterocycles. The SMILES string of the molecule is c1ccc(-c2ccc(-c3ccccc3)c3c2[nH]c2ccccc23)cc1. The molecule has 0 fully saturated rings. The van der Waals surface area contributed by atoms with Crippen LogP contribution in [0, 0.1) is 0 Å². The molecule has 0 aliphatic heterocycles. The molecule has 0 radical (unpaired) electrons. The van der Waals surface area contributed by atoms with Gasteiger partial charge >= 0.3 is 0 Å². The molecule has 0 bridgehead atoms. The first-order valence-corrected chi connectivity index (χ1v) is 8.56. The van der Waals surface area contributed by atoms with Crippen LogP contribution in [-0.2, 0) is 0 Å². The van der Waals surface area contributed by atoms with E-state index in [1.807, 2.05) is 0 Å². The van der Waals surface area contributed by atoms with Crippen LogP contribution < -0.4 is 0 Å². The summed E-state index contributed by atoms with van der Waals surface area (Å²) >= 11 is 0. The van der Waals surface area contributed by atoms with Crippen molar-refractivity contribution >= 4 is 21.8 Å². The number of hydrogen-bond acceptors (Lipinski definition) is 0. The van der Waals surface area contributed by atoms with Gasteiger partial charge in [-0.2, -0.15) is 0 Å². The normalized spacial score (nSPS) is 11.2. The van der Waals surface area contributed by atoms with E-state index in [1.54, 1.807) is 0 Å². The zero-order valence-corrected chi connectivity index (χ0v) is 13.7. The van der Waals surface area contributed by atoms with Crippen molar-refractivity contribution in [3.63, 3.8) is 0 Å². The Balaban J connectivity index is 1.92. The Kier molecular flexibility index (Phi) is 3.17. The fourth-order valence-electron chi connectivity index (χ4n) is 3.67. The van der Waals surface area contributed by atoms with Crippen molar-refractivity contribution in [3.05, 3.63) is 97.1 Å². The van der Waals surface area contributed by atoms with Gasteiger partial charge in [-0.05, 0) is 22.8 Å². The van der Waals surface area contributed by atoms with Crippen LogP contribution in [0.3, 0.4) is 0 Å². The molecule has 4 aromatic carbocycles. The Hall–Kier alpha value is -3.32. The highest BCUT2D eigenvalue weighted by Crippen LogP contribution is 2.39. The highest BCUT2D eigenvalue weighted by Gasteiger charge is 2.14. The smallest absolute Gasteiger partial charge is 0.0550 e. The molecule has 1 heteroatoms. The molecule has 25 heavy (non-hydrogen) atoms. The van der Waals surface area contributed by atoms with E-state index < -0.39 is 0 Å². The number of nitrogens with one attached hydrogen (secondary N) is 1. The lowest BCUT2D eigenvalue weighted by atomic mass is 9.94. The van der Waals surface area contributed by atoms with E-state index in [1.165, 1.54) is 44.1 Å². The van der Waals surface area contributed by atoms with Gasteiger partial charge in [-0.3, -0.25) is 0 Å². The van der Waals surface area contributed by atoms with Crippen LogP contribution in [0.1, 0.15) is 0 Å². The van der Waals surface area contributed by atoms with Gasteiger partial charge in [-0.25, -0.2) is 0 Å². The standard InChI is InChI=1S/C24H17N/c1-3-9-17(10-4-1)19-15-16-20(18-11-5-2-6-12-18)24-23(19)21-13-7-8-14-22(21)25-24/h1-16,25H. The Labute approximate surface area is 146 Å². The van der Waals surface area contributed by atoms with Crippen LogP contribution >= 0.6 is 0 Å². The molecular weight excluding hydrogens is 302 g/mol. The third-order valence-electron chi connectivity index (χ3n) is 4.83. The minimum absolute atomic E-state index is 1.18. The van der Waals surface area contributed by atoms with Gasteiger partial charge in [-0.15, -0.1) is 0 Å². The van der Waals surface area contributed by atoms with E-state index in [0.29, 0.717) is 0 Å². The Morgan fingerprint density at radius 2 is 1.04 bits per heavy atom. The summed E-state index contributed by atoms with van der Waals surface area (Å²) in [5.41, 5.74) is 7.38. The monoisotopic (exact) mass is 319 g/mol. The second kappa shape index (κ2) is 5.64. The molecule has 5 rings (SSSR count). The van der Waals surface area contributed by atoms with Crippen molar-refractivity contribution in [2.24, 2.45) is 0 Å². The van der Waals surface area contributed by atoms with Crippen LogP contribution in [0.5, 0.6) is 0 Å².